The number of ether oxygens (including phenoxy) is 3. The van der Waals surface area contributed by atoms with Gasteiger partial charge in [-0.15, -0.1) is 0 Å². The average molecular weight is 797 g/mol. The van der Waals surface area contributed by atoms with Crippen molar-refractivity contribution >= 4 is 62.8 Å². The van der Waals surface area contributed by atoms with Crippen molar-refractivity contribution in [3.8, 4) is 17.0 Å². The Kier molecular flexibility index (Phi) is 11.7. The van der Waals surface area contributed by atoms with E-state index in [0.29, 0.717) is 15.2 Å². The lowest BCUT2D eigenvalue weighted by atomic mass is 10.1. The second kappa shape index (κ2) is 15.1. The zero-order valence-electron chi connectivity index (χ0n) is 26.6. The van der Waals surface area contributed by atoms with Crippen LogP contribution >= 0.6 is 39.1 Å². The fraction of sp³-hybridized carbons (Fsp3) is 0.375. The minimum Gasteiger partial charge on any atom is -0.489 e. The van der Waals surface area contributed by atoms with Gasteiger partial charge in [0, 0.05) is 18.7 Å². The maximum absolute atomic E-state index is 14.3. The Morgan fingerprint density at radius 1 is 1.04 bits per heavy atom. The second-order valence-electron chi connectivity index (χ2n) is 11.5. The zero-order chi connectivity index (χ0) is 36.5. The number of imide groups is 1. The van der Waals surface area contributed by atoms with E-state index in [1.54, 1.807) is 27.7 Å². The summed E-state index contributed by atoms with van der Waals surface area (Å²) in [7, 11) is 1.08. The van der Waals surface area contributed by atoms with Gasteiger partial charge in [-0.1, -0.05) is 23.2 Å². The molecule has 2 amide bonds. The molecule has 2 aliphatic rings. The number of rotatable bonds is 6. The first-order valence-electron chi connectivity index (χ1n) is 14.7. The van der Waals surface area contributed by atoms with Gasteiger partial charge in [0.1, 0.15) is 23.1 Å². The Labute approximate surface area is 296 Å². The summed E-state index contributed by atoms with van der Waals surface area (Å²) in [6, 6.07) is 4.18. The van der Waals surface area contributed by atoms with Crippen LogP contribution in [0.15, 0.2) is 40.1 Å². The Hall–Kier alpha value is -3.69. The van der Waals surface area contributed by atoms with Crippen LogP contribution in [-0.2, 0) is 27.5 Å². The Bertz CT molecular complexity index is 1840. The molecular weight excluding hydrogens is 768 g/mol. The Morgan fingerprint density at radius 3 is 2.18 bits per heavy atom. The van der Waals surface area contributed by atoms with E-state index in [4.69, 9.17) is 37.4 Å². The van der Waals surface area contributed by atoms with E-state index >= 15 is 0 Å². The number of nitrogens with zero attached hydrogens (tertiary/aromatic N) is 3. The van der Waals surface area contributed by atoms with Crippen molar-refractivity contribution in [3.63, 3.8) is 0 Å². The molecule has 2 heterocycles. The summed E-state index contributed by atoms with van der Waals surface area (Å²) in [5, 5.41) is 3.60. The van der Waals surface area contributed by atoms with Gasteiger partial charge in [-0.2, -0.15) is 18.3 Å². The molecule has 0 N–H and O–H groups in total. The number of aryl methyl sites for hydroxylation is 1. The highest BCUT2D eigenvalue weighted by molar-refractivity contribution is 9.10. The van der Waals surface area contributed by atoms with Crippen LogP contribution in [0, 0.1) is 11.6 Å². The van der Waals surface area contributed by atoms with E-state index in [9.17, 15) is 36.3 Å². The van der Waals surface area contributed by atoms with E-state index in [1.807, 2.05) is 0 Å². The van der Waals surface area contributed by atoms with Crippen LogP contribution in [0.4, 0.5) is 32.4 Å². The zero-order valence-corrected chi connectivity index (χ0v) is 29.7. The summed E-state index contributed by atoms with van der Waals surface area (Å²) in [5.74, 6) is -3.06. The van der Waals surface area contributed by atoms with Gasteiger partial charge in [0.25, 0.3) is 0 Å². The molecule has 17 heteroatoms. The van der Waals surface area contributed by atoms with E-state index < -0.39 is 52.1 Å². The lowest BCUT2D eigenvalue weighted by Crippen LogP contribution is -2.29. The number of allylic oxidation sites excluding steroid dienone is 1. The summed E-state index contributed by atoms with van der Waals surface area (Å²) < 4.78 is 83.7. The second-order valence-corrected chi connectivity index (χ2v) is 13.1. The topological polar surface area (TPSA) is 100.0 Å². The van der Waals surface area contributed by atoms with Crippen LogP contribution in [-0.4, -0.2) is 40.0 Å². The molecule has 0 spiro atoms. The van der Waals surface area contributed by atoms with Crippen molar-refractivity contribution in [1.82, 2.24) is 9.78 Å². The van der Waals surface area contributed by atoms with Crippen LogP contribution < -0.4 is 9.64 Å². The fourth-order valence-corrected chi connectivity index (χ4v) is 6.19. The third kappa shape index (κ3) is 8.38. The third-order valence-corrected chi connectivity index (χ3v) is 8.55. The first kappa shape index (κ1) is 38.1. The van der Waals surface area contributed by atoms with Crippen molar-refractivity contribution in [2.75, 3.05) is 4.90 Å². The molecule has 5 rings (SSSR count). The Morgan fingerprint density at radius 2 is 1.65 bits per heavy atom. The van der Waals surface area contributed by atoms with Gasteiger partial charge < -0.3 is 14.2 Å². The molecule has 9 nitrogen and oxygen atoms in total. The maximum atomic E-state index is 14.3. The number of halogens is 8. The molecule has 2 fully saturated rings. The maximum Gasteiger partial charge on any atom is 0.434 e. The number of amides is 2. The minimum atomic E-state index is -4.69. The molecule has 0 atom stereocenters. The van der Waals surface area contributed by atoms with Gasteiger partial charge in [0.2, 0.25) is 0 Å². The molecule has 1 saturated carbocycles. The number of hydrogen-bond acceptors (Lipinski definition) is 7. The van der Waals surface area contributed by atoms with Gasteiger partial charge in [-0.25, -0.2) is 23.3 Å². The normalized spacial score (nSPS) is 15.1. The van der Waals surface area contributed by atoms with Gasteiger partial charge in [-0.05, 0) is 93.1 Å². The van der Waals surface area contributed by atoms with Crippen LogP contribution in [0.3, 0.4) is 0 Å². The van der Waals surface area contributed by atoms with Crippen LogP contribution in [0.5, 0.6) is 5.75 Å². The number of carbonyl (C=O) groups excluding carboxylic acids is 3. The van der Waals surface area contributed by atoms with Gasteiger partial charge >= 0.3 is 24.1 Å². The number of carbonyl (C=O) groups is 3. The summed E-state index contributed by atoms with van der Waals surface area (Å²) >= 11 is 14.7. The first-order chi connectivity index (χ1) is 22.8. The summed E-state index contributed by atoms with van der Waals surface area (Å²) in [6.45, 7) is 6.50. The predicted octanol–water partition coefficient (Wildman–Crippen LogP) is 9.80. The van der Waals surface area contributed by atoms with Gasteiger partial charge in [-0.3, -0.25) is 9.48 Å². The molecule has 0 bridgehead atoms. The van der Waals surface area contributed by atoms with E-state index in [2.05, 4.69) is 21.0 Å². The molecule has 3 aromatic rings. The highest BCUT2D eigenvalue weighted by Crippen LogP contribution is 2.41. The highest BCUT2D eigenvalue weighted by atomic mass is 79.9. The van der Waals surface area contributed by atoms with Crippen LogP contribution in [0.2, 0.25) is 10.0 Å². The molecule has 1 aliphatic heterocycles. The van der Waals surface area contributed by atoms with Crippen molar-refractivity contribution < 1.29 is 50.5 Å². The van der Waals surface area contributed by atoms with E-state index in [1.165, 1.54) is 6.07 Å². The van der Waals surface area contributed by atoms with Crippen molar-refractivity contribution in [3.05, 3.63) is 73.0 Å². The number of esters is 1. The summed E-state index contributed by atoms with van der Waals surface area (Å²) in [6.07, 6.45) is -2.14. The number of hydrogen-bond donors (Lipinski definition) is 0. The minimum absolute atomic E-state index is 0.00962. The van der Waals surface area contributed by atoms with Crippen molar-refractivity contribution in [2.24, 2.45) is 7.05 Å². The van der Waals surface area contributed by atoms with E-state index in [0.717, 1.165) is 50.9 Å². The molecule has 0 unspecified atom stereocenters. The van der Waals surface area contributed by atoms with Crippen LogP contribution in [0.1, 0.15) is 69.4 Å². The molecule has 264 valence electrons. The first-order valence-corrected chi connectivity index (χ1v) is 16.3. The lowest BCUT2D eigenvalue weighted by molar-refractivity contribution is -0.144. The largest absolute Gasteiger partial charge is 0.489 e. The Balaban J connectivity index is 0.000000221. The fourth-order valence-electron chi connectivity index (χ4n) is 4.99. The monoisotopic (exact) mass is 795 g/mol. The van der Waals surface area contributed by atoms with E-state index in [-0.39, 0.29) is 50.2 Å². The molecule has 1 aliphatic carbocycles. The van der Waals surface area contributed by atoms with Gasteiger partial charge in [0.15, 0.2) is 11.5 Å². The van der Waals surface area contributed by atoms with Crippen molar-refractivity contribution in [1.29, 1.82) is 0 Å². The smallest absolute Gasteiger partial charge is 0.434 e. The number of benzene rings is 2. The average Bonchev–Trinajstić information content (AvgIpc) is 3.67. The SMILES string of the molecule is CC(C)=C1OC(=O)N(c2cc(OC3CCCC3)c(Cl)cc2F)C1=O.CC(C)OC(=O)c1cc(-c2nn(C)c(C(F)(F)F)c2Br)c(F)cc1Cl. The van der Waals surface area contributed by atoms with Crippen LogP contribution in [0.25, 0.3) is 11.3 Å². The standard InChI is InChI=1S/C17H17ClFNO4.C15H12BrClF4N2O2/c1-9(2)15-16(21)20(17(22)24-15)13-8-14(11(18)7-12(13)19)23-10-5-3-4-6-10;1-6(2)25-14(24)7-4-8(10(18)5-9(7)17)12-11(16)13(15(19,20)21)23(3)22-12/h7-8,10H,3-6H2,1-2H3;4-6H,1-3H3. The quantitative estimate of drug-likeness (QED) is 0.139. The van der Waals surface area contributed by atoms with Crippen molar-refractivity contribution in [2.45, 2.75) is 71.8 Å². The predicted molar refractivity (Wildman–Crippen MR) is 174 cm³/mol. The number of aromatic nitrogens is 2. The van der Waals surface area contributed by atoms with Gasteiger partial charge in [0.05, 0.1) is 38.0 Å². The summed E-state index contributed by atoms with van der Waals surface area (Å²) in [4.78, 5) is 37.0. The molecule has 49 heavy (non-hydrogen) atoms. The molecule has 0 radical (unpaired) electrons. The molecule has 2 aromatic carbocycles. The highest BCUT2D eigenvalue weighted by Gasteiger charge is 2.41. The molecule has 1 saturated heterocycles. The number of anilines is 1. The molecular formula is C32H29BrCl2F5N3O6. The number of cyclic esters (lactones) is 1. The molecule has 1 aromatic heterocycles. The lowest BCUT2D eigenvalue weighted by Gasteiger charge is -2.18. The third-order valence-electron chi connectivity index (χ3n) is 7.19. The summed E-state index contributed by atoms with van der Waals surface area (Å²) in [5.41, 5.74) is -1.55. The number of alkyl halides is 3.